The Morgan fingerprint density at radius 3 is 2.59 bits per heavy atom. The minimum atomic E-state index is -0.315. The highest BCUT2D eigenvalue weighted by molar-refractivity contribution is 5.90. The number of nitrogens with zero attached hydrogens (tertiary/aromatic N) is 1. The van der Waals surface area contributed by atoms with Gasteiger partial charge in [-0.3, -0.25) is 4.99 Å². The van der Waals surface area contributed by atoms with Crippen molar-refractivity contribution in [2.24, 2.45) is 4.99 Å². The van der Waals surface area contributed by atoms with Gasteiger partial charge < -0.3 is 9.84 Å². The number of phenols is 1. The van der Waals surface area contributed by atoms with Crippen LogP contribution in [0.15, 0.2) is 53.5 Å². The molecule has 0 saturated heterocycles. The minimum Gasteiger partial charge on any atom is -0.507 e. The first-order valence-electron chi connectivity index (χ1n) is 7.30. The van der Waals surface area contributed by atoms with Gasteiger partial charge in [-0.25, -0.2) is 4.79 Å². The van der Waals surface area contributed by atoms with Gasteiger partial charge in [0.15, 0.2) is 0 Å². The largest absolute Gasteiger partial charge is 0.507 e. The number of phenolic OH excluding ortho intramolecular Hbond substituents is 1. The van der Waals surface area contributed by atoms with E-state index >= 15 is 0 Å². The molecule has 0 atom stereocenters. The summed E-state index contributed by atoms with van der Waals surface area (Å²) in [6.07, 6.45) is 3.45. The lowest BCUT2D eigenvalue weighted by Crippen LogP contribution is -2.05. The van der Waals surface area contributed by atoms with Gasteiger partial charge in [0.25, 0.3) is 0 Å². The van der Waals surface area contributed by atoms with Crippen molar-refractivity contribution in [2.45, 2.75) is 19.8 Å². The lowest BCUT2D eigenvalue weighted by atomic mass is 10.2. The molecule has 2 aromatic carbocycles. The van der Waals surface area contributed by atoms with Crippen LogP contribution in [0, 0.1) is 0 Å². The second kappa shape index (κ2) is 7.98. The third kappa shape index (κ3) is 4.45. The molecule has 2 rings (SSSR count). The van der Waals surface area contributed by atoms with Gasteiger partial charge in [-0.15, -0.1) is 0 Å². The molecule has 2 aromatic rings. The van der Waals surface area contributed by atoms with Crippen LogP contribution in [0.3, 0.4) is 0 Å². The summed E-state index contributed by atoms with van der Waals surface area (Å²) in [6.45, 7) is 2.49. The van der Waals surface area contributed by atoms with Crippen LogP contribution >= 0.6 is 0 Å². The summed E-state index contributed by atoms with van der Waals surface area (Å²) < 4.78 is 5.14. The van der Waals surface area contributed by atoms with Crippen LogP contribution in [0.4, 0.5) is 5.69 Å². The molecule has 0 fully saturated rings. The predicted molar refractivity (Wildman–Crippen MR) is 87.0 cm³/mol. The molecule has 0 radical (unpaired) electrons. The van der Waals surface area contributed by atoms with Crippen LogP contribution in [-0.2, 0) is 4.74 Å². The predicted octanol–water partition coefficient (Wildman–Crippen LogP) is 4.10. The van der Waals surface area contributed by atoms with Crippen molar-refractivity contribution < 1.29 is 14.6 Å². The van der Waals surface area contributed by atoms with E-state index in [1.807, 2.05) is 13.0 Å². The highest BCUT2D eigenvalue weighted by Crippen LogP contribution is 2.17. The first kappa shape index (κ1) is 15.8. The molecule has 0 heterocycles. The number of benzene rings is 2. The van der Waals surface area contributed by atoms with Crippen molar-refractivity contribution in [1.29, 1.82) is 0 Å². The summed E-state index contributed by atoms with van der Waals surface area (Å²) in [5.41, 5.74) is 1.86. The van der Waals surface area contributed by atoms with Crippen LogP contribution in [0.25, 0.3) is 0 Å². The number of para-hydroxylation sites is 1. The van der Waals surface area contributed by atoms with E-state index in [2.05, 4.69) is 4.99 Å². The van der Waals surface area contributed by atoms with Crippen LogP contribution in [0.1, 0.15) is 35.7 Å². The van der Waals surface area contributed by atoms with Gasteiger partial charge >= 0.3 is 5.97 Å². The molecular weight excluding hydrogens is 278 g/mol. The smallest absolute Gasteiger partial charge is 0.338 e. The maximum atomic E-state index is 11.8. The summed E-state index contributed by atoms with van der Waals surface area (Å²) in [4.78, 5) is 16.0. The molecule has 0 aliphatic heterocycles. The monoisotopic (exact) mass is 297 g/mol. The second-order valence-corrected chi connectivity index (χ2v) is 4.85. The molecule has 1 N–H and O–H groups in total. The molecule has 0 aromatic heterocycles. The van der Waals surface area contributed by atoms with Crippen molar-refractivity contribution >= 4 is 17.9 Å². The lowest BCUT2D eigenvalue weighted by molar-refractivity contribution is 0.0500. The molecule has 4 heteroatoms. The van der Waals surface area contributed by atoms with E-state index in [9.17, 15) is 9.90 Å². The number of hydrogen-bond donors (Lipinski definition) is 1. The maximum absolute atomic E-state index is 11.8. The summed E-state index contributed by atoms with van der Waals surface area (Å²) >= 11 is 0. The van der Waals surface area contributed by atoms with Crippen molar-refractivity contribution in [1.82, 2.24) is 0 Å². The fraction of sp³-hybridized carbons (Fsp3) is 0.222. The molecule has 0 aliphatic rings. The van der Waals surface area contributed by atoms with E-state index < -0.39 is 0 Å². The van der Waals surface area contributed by atoms with E-state index in [4.69, 9.17) is 4.74 Å². The Hall–Kier alpha value is -2.62. The quantitative estimate of drug-likeness (QED) is 0.496. The van der Waals surface area contributed by atoms with Crippen LogP contribution in [0.5, 0.6) is 5.75 Å². The highest BCUT2D eigenvalue weighted by Gasteiger charge is 2.06. The Kier molecular flexibility index (Phi) is 5.72. The number of aliphatic imine (C=N–C) groups is 1. The lowest BCUT2D eigenvalue weighted by Gasteiger charge is -2.04. The zero-order chi connectivity index (χ0) is 15.8. The maximum Gasteiger partial charge on any atom is 0.338 e. The van der Waals surface area contributed by atoms with Crippen molar-refractivity contribution in [3.8, 4) is 5.75 Å². The molecule has 4 nitrogen and oxygen atoms in total. The van der Waals surface area contributed by atoms with Crippen molar-refractivity contribution in [3.05, 3.63) is 59.7 Å². The number of rotatable bonds is 6. The number of esters is 1. The van der Waals surface area contributed by atoms with Crippen molar-refractivity contribution in [2.75, 3.05) is 6.61 Å². The SMILES string of the molecule is CCCCOC(=O)c1ccc(N=Cc2ccccc2O)cc1. The normalized spacial score (nSPS) is 10.8. The van der Waals surface area contributed by atoms with Crippen LogP contribution < -0.4 is 0 Å². The third-order valence-electron chi connectivity index (χ3n) is 3.12. The van der Waals surface area contributed by atoms with E-state index in [0.717, 1.165) is 12.8 Å². The third-order valence-corrected chi connectivity index (χ3v) is 3.12. The number of ether oxygens (including phenoxy) is 1. The molecule has 0 amide bonds. The number of hydrogen-bond acceptors (Lipinski definition) is 4. The molecule has 22 heavy (non-hydrogen) atoms. The molecule has 114 valence electrons. The fourth-order valence-corrected chi connectivity index (χ4v) is 1.82. The van der Waals surface area contributed by atoms with Crippen molar-refractivity contribution in [3.63, 3.8) is 0 Å². The molecule has 0 spiro atoms. The summed E-state index contributed by atoms with van der Waals surface area (Å²) in [5, 5.41) is 9.66. The van der Waals surface area contributed by atoms with E-state index in [-0.39, 0.29) is 11.7 Å². The van der Waals surface area contributed by atoms with Gasteiger partial charge in [0.1, 0.15) is 5.75 Å². The Morgan fingerprint density at radius 2 is 1.91 bits per heavy atom. The number of carbonyl (C=O) groups is 1. The fourth-order valence-electron chi connectivity index (χ4n) is 1.82. The van der Waals surface area contributed by atoms with E-state index in [1.165, 1.54) is 0 Å². The summed E-state index contributed by atoms with van der Waals surface area (Å²) in [7, 11) is 0. The number of carbonyl (C=O) groups excluding carboxylic acids is 1. The van der Waals surface area contributed by atoms with Gasteiger partial charge in [0.05, 0.1) is 17.9 Å². The summed E-state index contributed by atoms with van der Waals surface area (Å²) in [6, 6.07) is 13.8. The first-order chi connectivity index (χ1) is 10.7. The molecule has 0 bridgehead atoms. The Labute approximate surface area is 130 Å². The average Bonchev–Trinajstić information content (AvgIpc) is 2.55. The van der Waals surface area contributed by atoms with Gasteiger partial charge in [-0.1, -0.05) is 25.5 Å². The Balaban J connectivity index is 2.00. The average molecular weight is 297 g/mol. The first-order valence-corrected chi connectivity index (χ1v) is 7.30. The number of unbranched alkanes of at least 4 members (excludes halogenated alkanes) is 1. The van der Waals surface area contributed by atoms with Gasteiger partial charge in [0, 0.05) is 11.8 Å². The molecular formula is C18H19NO3. The molecule has 0 saturated carbocycles. The highest BCUT2D eigenvalue weighted by atomic mass is 16.5. The van der Waals surface area contributed by atoms with Gasteiger partial charge in [-0.2, -0.15) is 0 Å². The number of aromatic hydroxyl groups is 1. The zero-order valence-corrected chi connectivity index (χ0v) is 12.5. The topological polar surface area (TPSA) is 58.9 Å². The second-order valence-electron chi connectivity index (χ2n) is 4.85. The van der Waals surface area contributed by atoms with E-state index in [0.29, 0.717) is 23.4 Å². The van der Waals surface area contributed by atoms with Gasteiger partial charge in [-0.05, 0) is 42.8 Å². The minimum absolute atomic E-state index is 0.183. The van der Waals surface area contributed by atoms with E-state index in [1.54, 1.807) is 48.7 Å². The van der Waals surface area contributed by atoms with Crippen LogP contribution in [-0.4, -0.2) is 23.9 Å². The zero-order valence-electron chi connectivity index (χ0n) is 12.5. The molecule has 0 unspecified atom stereocenters. The Morgan fingerprint density at radius 1 is 1.18 bits per heavy atom. The summed E-state index contributed by atoms with van der Waals surface area (Å²) in [5.74, 6) is -0.132. The Bertz CT molecular complexity index is 648. The standard InChI is InChI=1S/C18H19NO3/c1-2-3-12-22-18(21)14-8-10-16(11-9-14)19-13-15-6-4-5-7-17(15)20/h4-11,13,20H,2-3,12H2,1H3. The molecule has 0 aliphatic carbocycles. The van der Waals surface area contributed by atoms with Crippen LogP contribution in [0.2, 0.25) is 0 Å². The van der Waals surface area contributed by atoms with Gasteiger partial charge in [0.2, 0.25) is 0 Å².